The standard InChI is InChI=1S/C8H13FN2O/c1-2-7(9)8(10)11-3-5-12-6-4-11/h2H,1,3-6,10H2/b8-7-. The van der Waals surface area contributed by atoms with Gasteiger partial charge in [0.25, 0.3) is 0 Å². The number of ether oxygens (including phenoxy) is 1. The van der Waals surface area contributed by atoms with Gasteiger partial charge in [-0.2, -0.15) is 0 Å². The van der Waals surface area contributed by atoms with E-state index in [1.807, 2.05) is 0 Å². The highest BCUT2D eigenvalue weighted by Crippen LogP contribution is 2.09. The van der Waals surface area contributed by atoms with Crippen molar-refractivity contribution in [1.29, 1.82) is 0 Å². The number of nitrogens with two attached hydrogens (primary N) is 1. The third-order valence-electron chi connectivity index (χ3n) is 1.78. The van der Waals surface area contributed by atoms with Crippen molar-refractivity contribution in [3.05, 3.63) is 24.3 Å². The van der Waals surface area contributed by atoms with Crippen LogP contribution in [0.5, 0.6) is 0 Å². The summed E-state index contributed by atoms with van der Waals surface area (Å²) < 4.78 is 18.0. The van der Waals surface area contributed by atoms with Crippen molar-refractivity contribution in [1.82, 2.24) is 4.90 Å². The third kappa shape index (κ3) is 1.98. The zero-order valence-electron chi connectivity index (χ0n) is 6.92. The number of hydrogen-bond donors (Lipinski definition) is 1. The van der Waals surface area contributed by atoms with Crippen LogP contribution >= 0.6 is 0 Å². The lowest BCUT2D eigenvalue weighted by molar-refractivity contribution is 0.0518. The van der Waals surface area contributed by atoms with Crippen LogP contribution in [0.4, 0.5) is 4.39 Å². The van der Waals surface area contributed by atoms with Crippen LogP contribution in [0.1, 0.15) is 0 Å². The average molecular weight is 172 g/mol. The molecule has 1 fully saturated rings. The highest BCUT2D eigenvalue weighted by molar-refractivity contribution is 5.14. The first-order valence-electron chi connectivity index (χ1n) is 3.86. The maximum atomic E-state index is 12.9. The van der Waals surface area contributed by atoms with Crippen molar-refractivity contribution in [2.24, 2.45) is 5.73 Å². The van der Waals surface area contributed by atoms with Crippen molar-refractivity contribution in [2.75, 3.05) is 26.3 Å². The van der Waals surface area contributed by atoms with Crippen molar-refractivity contribution in [3.8, 4) is 0 Å². The zero-order chi connectivity index (χ0) is 8.97. The van der Waals surface area contributed by atoms with Gasteiger partial charge in [0.05, 0.1) is 13.2 Å². The maximum absolute atomic E-state index is 12.9. The lowest BCUT2D eigenvalue weighted by atomic mass is 10.4. The van der Waals surface area contributed by atoms with Crippen LogP contribution in [0.15, 0.2) is 24.3 Å². The molecule has 0 unspecified atom stereocenters. The van der Waals surface area contributed by atoms with Gasteiger partial charge in [-0.3, -0.25) is 0 Å². The summed E-state index contributed by atoms with van der Waals surface area (Å²) in [5.74, 6) is -0.301. The van der Waals surface area contributed by atoms with Gasteiger partial charge in [0.1, 0.15) is 5.82 Å². The quantitative estimate of drug-likeness (QED) is 0.620. The molecule has 0 aromatic carbocycles. The second-order valence-electron chi connectivity index (χ2n) is 2.54. The molecule has 1 aliphatic heterocycles. The zero-order valence-corrected chi connectivity index (χ0v) is 6.92. The van der Waals surface area contributed by atoms with Gasteiger partial charge in [0, 0.05) is 13.1 Å². The molecule has 1 aliphatic rings. The van der Waals surface area contributed by atoms with E-state index in [0.717, 1.165) is 6.08 Å². The van der Waals surface area contributed by atoms with E-state index >= 15 is 0 Å². The summed E-state index contributed by atoms with van der Waals surface area (Å²) in [7, 11) is 0. The third-order valence-corrected chi connectivity index (χ3v) is 1.78. The minimum atomic E-state index is -0.461. The molecular weight excluding hydrogens is 159 g/mol. The van der Waals surface area contributed by atoms with Gasteiger partial charge < -0.3 is 15.4 Å². The molecule has 0 bridgehead atoms. The van der Waals surface area contributed by atoms with Crippen LogP contribution in [0.2, 0.25) is 0 Å². The summed E-state index contributed by atoms with van der Waals surface area (Å²) in [6, 6.07) is 0. The van der Waals surface area contributed by atoms with Gasteiger partial charge in [0.2, 0.25) is 0 Å². The summed E-state index contributed by atoms with van der Waals surface area (Å²) in [5.41, 5.74) is 5.51. The molecule has 4 heteroatoms. The predicted octanol–water partition coefficient (Wildman–Crippen LogP) is 0.602. The fraction of sp³-hybridized carbons (Fsp3) is 0.500. The van der Waals surface area contributed by atoms with E-state index < -0.39 is 5.83 Å². The van der Waals surface area contributed by atoms with Gasteiger partial charge in [0.15, 0.2) is 5.83 Å². The fourth-order valence-corrected chi connectivity index (χ4v) is 1.06. The molecule has 0 aromatic heterocycles. The summed E-state index contributed by atoms with van der Waals surface area (Å²) in [6.45, 7) is 5.80. The minimum Gasteiger partial charge on any atom is -0.383 e. The van der Waals surface area contributed by atoms with Gasteiger partial charge >= 0.3 is 0 Å². The average Bonchev–Trinajstić information content (AvgIpc) is 2.17. The summed E-state index contributed by atoms with van der Waals surface area (Å²) in [4.78, 5) is 1.75. The molecule has 68 valence electrons. The van der Waals surface area contributed by atoms with Crippen molar-refractivity contribution < 1.29 is 9.13 Å². The Bertz CT molecular complexity index is 197. The molecule has 0 atom stereocenters. The van der Waals surface area contributed by atoms with Crippen LogP contribution < -0.4 is 5.73 Å². The molecular formula is C8H13FN2O. The van der Waals surface area contributed by atoms with Gasteiger partial charge in [-0.05, 0) is 6.08 Å². The van der Waals surface area contributed by atoms with Gasteiger partial charge in [-0.1, -0.05) is 6.58 Å². The monoisotopic (exact) mass is 172 g/mol. The highest BCUT2D eigenvalue weighted by Gasteiger charge is 2.13. The Morgan fingerprint density at radius 3 is 2.58 bits per heavy atom. The largest absolute Gasteiger partial charge is 0.383 e. The second-order valence-corrected chi connectivity index (χ2v) is 2.54. The normalized spacial score (nSPS) is 20.2. The summed E-state index contributed by atoms with van der Waals surface area (Å²) in [5, 5.41) is 0. The topological polar surface area (TPSA) is 38.5 Å². The molecule has 0 saturated carbocycles. The van der Waals surface area contributed by atoms with E-state index in [0.29, 0.717) is 26.3 Å². The molecule has 0 aliphatic carbocycles. The number of nitrogens with zero attached hydrogens (tertiary/aromatic N) is 1. The lowest BCUT2D eigenvalue weighted by Crippen LogP contribution is -2.38. The number of halogens is 1. The molecule has 3 nitrogen and oxygen atoms in total. The molecule has 1 rings (SSSR count). The Balaban J connectivity index is 2.61. The first-order valence-corrected chi connectivity index (χ1v) is 3.86. The lowest BCUT2D eigenvalue weighted by Gasteiger charge is -2.28. The Hall–Kier alpha value is -1.03. The van der Waals surface area contributed by atoms with Crippen LogP contribution in [-0.4, -0.2) is 31.2 Å². The molecule has 2 N–H and O–H groups in total. The second kappa shape index (κ2) is 4.11. The van der Waals surface area contributed by atoms with E-state index in [-0.39, 0.29) is 5.82 Å². The molecule has 0 radical (unpaired) electrons. The van der Waals surface area contributed by atoms with Crippen molar-refractivity contribution in [2.45, 2.75) is 0 Å². The highest BCUT2D eigenvalue weighted by atomic mass is 19.1. The molecule has 1 saturated heterocycles. The number of hydrogen-bond acceptors (Lipinski definition) is 3. The van der Waals surface area contributed by atoms with Crippen molar-refractivity contribution >= 4 is 0 Å². The summed E-state index contributed by atoms with van der Waals surface area (Å²) >= 11 is 0. The number of allylic oxidation sites excluding steroid dienone is 2. The maximum Gasteiger partial charge on any atom is 0.162 e. The van der Waals surface area contributed by atoms with Gasteiger partial charge in [-0.25, -0.2) is 4.39 Å². The smallest absolute Gasteiger partial charge is 0.162 e. The van der Waals surface area contributed by atoms with E-state index in [2.05, 4.69) is 6.58 Å². The molecule has 0 aromatic rings. The Morgan fingerprint density at radius 2 is 2.08 bits per heavy atom. The number of rotatable bonds is 2. The first-order chi connectivity index (χ1) is 5.75. The minimum absolute atomic E-state index is 0.160. The fourth-order valence-electron chi connectivity index (χ4n) is 1.06. The van der Waals surface area contributed by atoms with Crippen molar-refractivity contribution in [3.63, 3.8) is 0 Å². The molecule has 12 heavy (non-hydrogen) atoms. The Labute approximate surface area is 71.3 Å². The van der Waals surface area contributed by atoms with Crippen LogP contribution in [0, 0.1) is 0 Å². The molecule has 1 heterocycles. The summed E-state index contributed by atoms with van der Waals surface area (Å²) in [6.07, 6.45) is 1.12. The number of morpholine rings is 1. The molecule has 0 amide bonds. The van der Waals surface area contributed by atoms with E-state index in [4.69, 9.17) is 10.5 Å². The predicted molar refractivity (Wildman–Crippen MR) is 44.9 cm³/mol. The van der Waals surface area contributed by atoms with E-state index in [1.54, 1.807) is 4.90 Å². The van der Waals surface area contributed by atoms with Crippen LogP contribution in [0.25, 0.3) is 0 Å². The first kappa shape index (κ1) is 9.06. The van der Waals surface area contributed by atoms with Crippen LogP contribution in [0.3, 0.4) is 0 Å². The van der Waals surface area contributed by atoms with Crippen LogP contribution in [-0.2, 0) is 4.74 Å². The Kier molecular flexibility index (Phi) is 3.10. The van der Waals surface area contributed by atoms with E-state index in [9.17, 15) is 4.39 Å². The Morgan fingerprint density at radius 1 is 1.50 bits per heavy atom. The SMILES string of the molecule is C=C/C(F)=C(\N)N1CCOCC1. The van der Waals surface area contributed by atoms with E-state index in [1.165, 1.54) is 0 Å². The molecule has 0 spiro atoms. The van der Waals surface area contributed by atoms with Gasteiger partial charge in [-0.15, -0.1) is 0 Å².